The Bertz CT molecular complexity index is 841. The minimum atomic E-state index is -0.268. The highest BCUT2D eigenvalue weighted by Gasteiger charge is 2.17. The van der Waals surface area contributed by atoms with Crippen LogP contribution in [0.3, 0.4) is 0 Å². The van der Waals surface area contributed by atoms with Crippen LogP contribution >= 0.6 is 11.6 Å². The fraction of sp³-hybridized carbons (Fsp3) is 0.0588. The summed E-state index contributed by atoms with van der Waals surface area (Å²) in [6.07, 6.45) is 5.14. The minimum absolute atomic E-state index is 0.0799. The molecule has 0 aliphatic rings. The number of aryl methyl sites for hydroxylation is 1. The summed E-state index contributed by atoms with van der Waals surface area (Å²) in [7, 11) is 1.87. The normalized spacial score (nSPS) is 10.6. The lowest BCUT2D eigenvalue weighted by Gasteiger charge is -2.02. The SMILES string of the molecule is Cn1cc(C(=O)c2cc(Cl)ccc2O)cc1-c1ccncc1. The maximum Gasteiger partial charge on any atom is 0.198 e. The van der Waals surface area contributed by atoms with Crippen LogP contribution in [-0.4, -0.2) is 20.4 Å². The molecule has 3 rings (SSSR count). The van der Waals surface area contributed by atoms with Crippen LogP contribution in [-0.2, 0) is 7.05 Å². The molecule has 110 valence electrons. The van der Waals surface area contributed by atoms with Crippen LogP contribution in [0.1, 0.15) is 15.9 Å². The van der Waals surface area contributed by atoms with Gasteiger partial charge in [0.1, 0.15) is 5.75 Å². The lowest BCUT2D eigenvalue weighted by molar-refractivity contribution is 0.103. The Morgan fingerprint density at radius 3 is 2.64 bits per heavy atom. The summed E-state index contributed by atoms with van der Waals surface area (Å²) in [6.45, 7) is 0. The maximum absolute atomic E-state index is 12.6. The number of phenolic OH excluding ortho intramolecular Hbond substituents is 1. The molecule has 5 heteroatoms. The molecule has 0 fully saturated rings. The van der Waals surface area contributed by atoms with E-state index in [9.17, 15) is 9.90 Å². The van der Waals surface area contributed by atoms with E-state index in [4.69, 9.17) is 11.6 Å². The van der Waals surface area contributed by atoms with Crippen molar-refractivity contribution >= 4 is 17.4 Å². The van der Waals surface area contributed by atoms with Crippen LogP contribution in [0.15, 0.2) is 55.0 Å². The van der Waals surface area contributed by atoms with Gasteiger partial charge in [-0.2, -0.15) is 0 Å². The number of rotatable bonds is 3. The predicted octanol–water partition coefficient (Wildman–Crippen LogP) is 3.68. The van der Waals surface area contributed by atoms with Crippen molar-refractivity contribution in [2.24, 2.45) is 7.05 Å². The smallest absolute Gasteiger partial charge is 0.198 e. The molecule has 3 aromatic rings. The first-order valence-corrected chi connectivity index (χ1v) is 7.04. The van der Waals surface area contributed by atoms with Gasteiger partial charge in [-0.25, -0.2) is 0 Å². The van der Waals surface area contributed by atoms with Gasteiger partial charge in [0, 0.05) is 47.5 Å². The molecule has 0 atom stereocenters. The molecule has 0 unspecified atom stereocenters. The molecule has 0 saturated carbocycles. The number of hydrogen-bond acceptors (Lipinski definition) is 3. The molecule has 0 aliphatic carbocycles. The summed E-state index contributed by atoms with van der Waals surface area (Å²) < 4.78 is 1.87. The molecular weight excluding hydrogens is 300 g/mol. The monoisotopic (exact) mass is 312 g/mol. The van der Waals surface area contributed by atoms with Gasteiger partial charge in [0.25, 0.3) is 0 Å². The van der Waals surface area contributed by atoms with Gasteiger partial charge >= 0.3 is 0 Å². The number of carbonyl (C=O) groups is 1. The Hall–Kier alpha value is -2.59. The van der Waals surface area contributed by atoms with Crippen molar-refractivity contribution in [3.63, 3.8) is 0 Å². The van der Waals surface area contributed by atoms with E-state index in [0.29, 0.717) is 10.6 Å². The van der Waals surface area contributed by atoms with Gasteiger partial charge in [0.2, 0.25) is 0 Å². The molecule has 2 heterocycles. The van der Waals surface area contributed by atoms with Gasteiger partial charge < -0.3 is 9.67 Å². The maximum atomic E-state index is 12.6. The van der Waals surface area contributed by atoms with Crippen molar-refractivity contribution in [1.29, 1.82) is 0 Å². The summed E-state index contributed by atoms with van der Waals surface area (Å²) in [5.41, 5.74) is 2.55. The van der Waals surface area contributed by atoms with E-state index in [1.807, 2.05) is 23.7 Å². The number of halogens is 1. The van der Waals surface area contributed by atoms with E-state index < -0.39 is 0 Å². The number of nitrogens with zero attached hydrogens (tertiary/aromatic N) is 2. The third-order valence-corrected chi connectivity index (χ3v) is 3.68. The molecule has 0 radical (unpaired) electrons. The van der Waals surface area contributed by atoms with E-state index >= 15 is 0 Å². The number of aromatic hydroxyl groups is 1. The number of benzene rings is 1. The quantitative estimate of drug-likeness (QED) is 0.751. The van der Waals surface area contributed by atoms with Crippen molar-refractivity contribution in [1.82, 2.24) is 9.55 Å². The van der Waals surface area contributed by atoms with E-state index in [1.165, 1.54) is 12.1 Å². The molecule has 0 amide bonds. The number of ketones is 1. The van der Waals surface area contributed by atoms with E-state index in [2.05, 4.69) is 4.98 Å². The topological polar surface area (TPSA) is 55.1 Å². The predicted molar refractivity (Wildman–Crippen MR) is 85.2 cm³/mol. The molecule has 2 aromatic heterocycles. The van der Waals surface area contributed by atoms with Gasteiger partial charge in [-0.3, -0.25) is 9.78 Å². The second kappa shape index (κ2) is 5.66. The van der Waals surface area contributed by atoms with Crippen LogP contribution in [0.2, 0.25) is 5.02 Å². The number of pyridine rings is 1. The summed E-state index contributed by atoms with van der Waals surface area (Å²) in [5.74, 6) is -0.348. The van der Waals surface area contributed by atoms with E-state index in [1.54, 1.807) is 30.7 Å². The van der Waals surface area contributed by atoms with Gasteiger partial charge in [-0.1, -0.05) is 11.6 Å². The molecule has 0 aliphatic heterocycles. The van der Waals surface area contributed by atoms with Crippen molar-refractivity contribution in [2.45, 2.75) is 0 Å². The summed E-state index contributed by atoms with van der Waals surface area (Å²) in [4.78, 5) is 16.6. The van der Waals surface area contributed by atoms with E-state index in [0.717, 1.165) is 11.3 Å². The van der Waals surface area contributed by atoms with E-state index in [-0.39, 0.29) is 17.1 Å². The van der Waals surface area contributed by atoms with Crippen molar-refractivity contribution in [3.05, 3.63) is 71.1 Å². The van der Waals surface area contributed by atoms with Gasteiger partial charge in [-0.15, -0.1) is 0 Å². The largest absolute Gasteiger partial charge is 0.507 e. The summed E-state index contributed by atoms with van der Waals surface area (Å²) >= 11 is 5.91. The molecule has 22 heavy (non-hydrogen) atoms. The van der Waals surface area contributed by atoms with Crippen molar-refractivity contribution in [3.8, 4) is 17.0 Å². The zero-order chi connectivity index (χ0) is 15.7. The fourth-order valence-electron chi connectivity index (χ4n) is 2.34. The Morgan fingerprint density at radius 2 is 1.91 bits per heavy atom. The third-order valence-electron chi connectivity index (χ3n) is 3.45. The van der Waals surface area contributed by atoms with Gasteiger partial charge in [0.15, 0.2) is 5.78 Å². The summed E-state index contributed by atoms with van der Waals surface area (Å²) in [6, 6.07) is 9.97. The molecule has 0 spiro atoms. The summed E-state index contributed by atoms with van der Waals surface area (Å²) in [5, 5.41) is 10.3. The van der Waals surface area contributed by atoms with Crippen LogP contribution in [0.5, 0.6) is 5.75 Å². The minimum Gasteiger partial charge on any atom is -0.507 e. The first kappa shape index (κ1) is 14.4. The first-order valence-electron chi connectivity index (χ1n) is 6.66. The van der Waals surface area contributed by atoms with Gasteiger partial charge in [0.05, 0.1) is 5.56 Å². The molecule has 4 nitrogen and oxygen atoms in total. The number of carbonyl (C=O) groups excluding carboxylic acids is 1. The highest BCUT2D eigenvalue weighted by molar-refractivity contribution is 6.31. The Balaban J connectivity index is 2.03. The lowest BCUT2D eigenvalue weighted by atomic mass is 10.0. The Kier molecular flexibility index (Phi) is 3.69. The average Bonchev–Trinajstić information content (AvgIpc) is 2.92. The molecule has 0 bridgehead atoms. The Labute approximate surface area is 132 Å². The zero-order valence-corrected chi connectivity index (χ0v) is 12.6. The first-order chi connectivity index (χ1) is 10.6. The highest BCUT2D eigenvalue weighted by Crippen LogP contribution is 2.27. The highest BCUT2D eigenvalue weighted by atomic mass is 35.5. The van der Waals surface area contributed by atoms with Crippen LogP contribution in [0.4, 0.5) is 0 Å². The lowest BCUT2D eigenvalue weighted by Crippen LogP contribution is -2.00. The molecule has 0 saturated heterocycles. The van der Waals surface area contributed by atoms with Gasteiger partial charge in [-0.05, 0) is 36.4 Å². The number of aromatic nitrogens is 2. The standard InChI is InChI=1S/C17H13ClN2O2/c1-20-10-12(8-15(20)11-4-6-19-7-5-11)17(22)14-9-13(18)2-3-16(14)21/h2-10,21H,1H3. The molecule has 1 aromatic carbocycles. The average molecular weight is 313 g/mol. The van der Waals surface area contributed by atoms with Crippen LogP contribution < -0.4 is 0 Å². The fourth-order valence-corrected chi connectivity index (χ4v) is 2.52. The van der Waals surface area contributed by atoms with Crippen molar-refractivity contribution < 1.29 is 9.90 Å². The number of hydrogen-bond donors (Lipinski definition) is 1. The second-order valence-corrected chi connectivity index (χ2v) is 5.39. The van der Waals surface area contributed by atoms with Crippen molar-refractivity contribution in [2.75, 3.05) is 0 Å². The zero-order valence-electron chi connectivity index (χ0n) is 11.8. The second-order valence-electron chi connectivity index (χ2n) is 4.95. The number of phenols is 1. The van der Waals surface area contributed by atoms with Crippen LogP contribution in [0, 0.1) is 0 Å². The van der Waals surface area contributed by atoms with Crippen LogP contribution in [0.25, 0.3) is 11.3 Å². The molecule has 1 N–H and O–H groups in total. The third kappa shape index (κ3) is 2.61. The Morgan fingerprint density at radius 1 is 1.18 bits per heavy atom. The molecular formula is C17H13ClN2O2.